The van der Waals surface area contributed by atoms with E-state index in [1.54, 1.807) is 12.1 Å². The molecule has 0 radical (unpaired) electrons. The van der Waals surface area contributed by atoms with Crippen LogP contribution in [0.1, 0.15) is 62.3 Å². The SMILES string of the molecule is CC[C@@H](Oc1ccccc1Cl)C(=O)N[C@H](CC)c1ccc2c(c1)CCCC2. The Morgan fingerprint density at radius 3 is 2.52 bits per heavy atom. The first-order valence-corrected chi connectivity index (χ1v) is 10.3. The number of carbonyl (C=O) groups excluding carboxylic acids is 1. The van der Waals surface area contributed by atoms with E-state index in [9.17, 15) is 4.79 Å². The second kappa shape index (κ2) is 9.27. The molecule has 0 saturated carbocycles. The van der Waals surface area contributed by atoms with E-state index in [-0.39, 0.29) is 11.9 Å². The van der Waals surface area contributed by atoms with Crippen molar-refractivity contribution in [3.8, 4) is 5.75 Å². The van der Waals surface area contributed by atoms with Gasteiger partial charge in [0, 0.05) is 0 Å². The van der Waals surface area contributed by atoms with Crippen LogP contribution in [0.5, 0.6) is 5.75 Å². The molecule has 1 N–H and O–H groups in total. The molecule has 144 valence electrons. The van der Waals surface area contributed by atoms with Gasteiger partial charge in [0.25, 0.3) is 5.91 Å². The zero-order valence-corrected chi connectivity index (χ0v) is 16.9. The maximum absolute atomic E-state index is 12.8. The third-order valence-electron chi connectivity index (χ3n) is 5.27. The quantitative estimate of drug-likeness (QED) is 0.669. The molecular formula is C23H28ClNO2. The highest BCUT2D eigenvalue weighted by Gasteiger charge is 2.23. The van der Waals surface area contributed by atoms with E-state index in [1.165, 1.54) is 36.0 Å². The van der Waals surface area contributed by atoms with Crippen LogP contribution in [-0.4, -0.2) is 12.0 Å². The lowest BCUT2D eigenvalue weighted by Crippen LogP contribution is -2.40. The first-order chi connectivity index (χ1) is 13.1. The summed E-state index contributed by atoms with van der Waals surface area (Å²) < 4.78 is 5.88. The van der Waals surface area contributed by atoms with Crippen molar-refractivity contribution in [2.75, 3.05) is 0 Å². The Morgan fingerprint density at radius 2 is 1.81 bits per heavy atom. The number of nitrogens with one attached hydrogen (secondary N) is 1. The van der Waals surface area contributed by atoms with Crippen LogP contribution in [0.2, 0.25) is 5.02 Å². The fraction of sp³-hybridized carbons (Fsp3) is 0.435. The molecule has 0 saturated heterocycles. The average molecular weight is 386 g/mol. The molecule has 1 aliphatic carbocycles. The number of hydrogen-bond donors (Lipinski definition) is 1. The minimum absolute atomic E-state index is 0.00591. The molecule has 0 fully saturated rings. The predicted molar refractivity (Wildman–Crippen MR) is 110 cm³/mol. The zero-order valence-electron chi connectivity index (χ0n) is 16.1. The van der Waals surface area contributed by atoms with E-state index >= 15 is 0 Å². The monoisotopic (exact) mass is 385 g/mol. The van der Waals surface area contributed by atoms with Crippen molar-refractivity contribution >= 4 is 17.5 Å². The lowest BCUT2D eigenvalue weighted by molar-refractivity contribution is -0.128. The number of benzene rings is 2. The van der Waals surface area contributed by atoms with E-state index in [0.29, 0.717) is 17.2 Å². The topological polar surface area (TPSA) is 38.3 Å². The van der Waals surface area contributed by atoms with Gasteiger partial charge >= 0.3 is 0 Å². The molecule has 2 atom stereocenters. The first-order valence-electron chi connectivity index (χ1n) is 9.95. The highest BCUT2D eigenvalue weighted by atomic mass is 35.5. The Hall–Kier alpha value is -2.00. The molecular weight excluding hydrogens is 358 g/mol. The molecule has 0 spiro atoms. The van der Waals surface area contributed by atoms with Gasteiger partial charge in [0.1, 0.15) is 5.75 Å². The van der Waals surface area contributed by atoms with E-state index in [2.05, 4.69) is 30.4 Å². The van der Waals surface area contributed by atoms with Gasteiger partial charge in [-0.25, -0.2) is 0 Å². The van der Waals surface area contributed by atoms with Gasteiger partial charge in [-0.05, 0) is 67.3 Å². The van der Waals surface area contributed by atoms with Gasteiger partial charge in [-0.3, -0.25) is 4.79 Å². The molecule has 27 heavy (non-hydrogen) atoms. The lowest BCUT2D eigenvalue weighted by Gasteiger charge is -2.24. The Bertz CT molecular complexity index is 790. The van der Waals surface area contributed by atoms with Gasteiger partial charge in [-0.15, -0.1) is 0 Å². The molecule has 0 heterocycles. The molecule has 0 bridgehead atoms. The molecule has 2 aromatic rings. The number of hydrogen-bond acceptors (Lipinski definition) is 2. The zero-order chi connectivity index (χ0) is 19.2. The lowest BCUT2D eigenvalue weighted by atomic mass is 9.88. The number of amides is 1. The Kier molecular flexibility index (Phi) is 6.78. The van der Waals surface area contributed by atoms with E-state index in [0.717, 1.165) is 12.8 Å². The molecule has 0 unspecified atom stereocenters. The summed E-state index contributed by atoms with van der Waals surface area (Å²) in [5, 5.41) is 3.69. The first kappa shape index (κ1) is 19.8. The van der Waals surface area contributed by atoms with Crippen LogP contribution < -0.4 is 10.1 Å². The molecule has 1 amide bonds. The van der Waals surface area contributed by atoms with E-state index in [1.807, 2.05) is 19.1 Å². The van der Waals surface area contributed by atoms with Gasteiger partial charge in [0.05, 0.1) is 11.1 Å². The smallest absolute Gasteiger partial charge is 0.261 e. The van der Waals surface area contributed by atoms with Crippen molar-refractivity contribution in [1.29, 1.82) is 0 Å². The van der Waals surface area contributed by atoms with Gasteiger partial charge in [-0.2, -0.15) is 0 Å². The van der Waals surface area contributed by atoms with Crippen molar-refractivity contribution in [3.63, 3.8) is 0 Å². The Labute approximate surface area is 167 Å². The van der Waals surface area contributed by atoms with Crippen molar-refractivity contribution in [2.24, 2.45) is 0 Å². The normalized spacial score (nSPS) is 15.5. The average Bonchev–Trinajstić information content (AvgIpc) is 2.70. The fourth-order valence-electron chi connectivity index (χ4n) is 3.67. The van der Waals surface area contributed by atoms with Crippen molar-refractivity contribution in [1.82, 2.24) is 5.32 Å². The molecule has 2 aromatic carbocycles. The molecule has 0 aliphatic heterocycles. The third kappa shape index (κ3) is 4.84. The molecule has 3 rings (SSSR count). The Morgan fingerprint density at radius 1 is 1.07 bits per heavy atom. The molecule has 0 aromatic heterocycles. The predicted octanol–water partition coefficient (Wildman–Crippen LogP) is 5.64. The van der Waals surface area contributed by atoms with Gasteiger partial charge in [-0.1, -0.05) is 55.8 Å². The maximum atomic E-state index is 12.8. The van der Waals surface area contributed by atoms with E-state index in [4.69, 9.17) is 16.3 Å². The number of halogens is 1. The third-order valence-corrected chi connectivity index (χ3v) is 5.58. The van der Waals surface area contributed by atoms with Crippen LogP contribution in [0.15, 0.2) is 42.5 Å². The van der Waals surface area contributed by atoms with Crippen molar-refractivity contribution < 1.29 is 9.53 Å². The molecule has 1 aliphatic rings. The highest BCUT2D eigenvalue weighted by molar-refractivity contribution is 6.32. The van der Waals surface area contributed by atoms with Crippen LogP contribution in [0, 0.1) is 0 Å². The number of aryl methyl sites for hydroxylation is 2. The second-order valence-electron chi connectivity index (χ2n) is 7.15. The van der Waals surface area contributed by atoms with Gasteiger partial charge in [0.15, 0.2) is 6.10 Å². The fourth-order valence-corrected chi connectivity index (χ4v) is 3.85. The number of rotatable bonds is 7. The summed E-state index contributed by atoms with van der Waals surface area (Å²) >= 11 is 6.17. The minimum Gasteiger partial charge on any atom is -0.479 e. The summed E-state index contributed by atoms with van der Waals surface area (Å²) in [5.41, 5.74) is 4.07. The van der Waals surface area contributed by atoms with Crippen LogP contribution >= 0.6 is 11.6 Å². The maximum Gasteiger partial charge on any atom is 0.261 e. The van der Waals surface area contributed by atoms with Crippen LogP contribution in [-0.2, 0) is 17.6 Å². The largest absolute Gasteiger partial charge is 0.479 e. The summed E-state index contributed by atoms with van der Waals surface area (Å²) in [6.07, 6.45) is 5.70. The summed E-state index contributed by atoms with van der Waals surface area (Å²) in [5.74, 6) is 0.449. The van der Waals surface area contributed by atoms with Gasteiger partial charge in [0.2, 0.25) is 0 Å². The Balaban J connectivity index is 1.71. The van der Waals surface area contributed by atoms with Crippen LogP contribution in [0.25, 0.3) is 0 Å². The number of carbonyl (C=O) groups is 1. The van der Waals surface area contributed by atoms with E-state index < -0.39 is 6.10 Å². The highest BCUT2D eigenvalue weighted by Crippen LogP contribution is 2.27. The summed E-state index contributed by atoms with van der Waals surface area (Å²) in [6, 6.07) is 13.9. The molecule has 3 nitrogen and oxygen atoms in total. The number of para-hydroxylation sites is 1. The van der Waals surface area contributed by atoms with Crippen molar-refractivity contribution in [2.45, 2.75) is 64.5 Å². The summed E-state index contributed by atoms with van der Waals surface area (Å²) in [4.78, 5) is 12.8. The van der Waals surface area contributed by atoms with Crippen LogP contribution in [0.4, 0.5) is 0 Å². The summed E-state index contributed by atoms with van der Waals surface area (Å²) in [6.45, 7) is 4.04. The number of ether oxygens (including phenoxy) is 1. The molecule has 4 heteroatoms. The van der Waals surface area contributed by atoms with Crippen LogP contribution in [0.3, 0.4) is 0 Å². The summed E-state index contributed by atoms with van der Waals surface area (Å²) in [7, 11) is 0. The second-order valence-corrected chi connectivity index (χ2v) is 7.56. The number of fused-ring (bicyclic) bond motifs is 1. The minimum atomic E-state index is -0.559. The standard InChI is InChI=1S/C23H28ClNO2/c1-3-20(18-14-13-16-9-5-6-10-17(16)15-18)25-23(26)21(4-2)27-22-12-8-7-11-19(22)24/h7-8,11-15,20-21H,3-6,9-10H2,1-2H3,(H,25,26)/t20-,21-/m1/s1. The van der Waals surface area contributed by atoms with Gasteiger partial charge < -0.3 is 10.1 Å². The van der Waals surface area contributed by atoms with Crippen molar-refractivity contribution in [3.05, 3.63) is 64.2 Å².